The van der Waals surface area contributed by atoms with Gasteiger partial charge in [-0.1, -0.05) is 30.3 Å². The molecule has 2 rings (SSSR count). The van der Waals surface area contributed by atoms with Gasteiger partial charge in [0.1, 0.15) is 5.75 Å². The number of amides is 1. The third-order valence-electron chi connectivity index (χ3n) is 3.81. The molecule has 0 heterocycles. The zero-order valence-electron chi connectivity index (χ0n) is 14.8. The van der Waals surface area contributed by atoms with E-state index in [1.165, 1.54) is 11.8 Å². The predicted molar refractivity (Wildman–Crippen MR) is 102 cm³/mol. The van der Waals surface area contributed by atoms with Crippen LogP contribution in [0, 0.1) is 0 Å². The summed E-state index contributed by atoms with van der Waals surface area (Å²) < 4.78 is 5.13. The third-order valence-corrected chi connectivity index (χ3v) is 4.81. The Hall–Kier alpha value is -2.47. The molecule has 0 aliphatic heterocycles. The highest BCUT2D eigenvalue weighted by Crippen LogP contribution is 2.22. The van der Waals surface area contributed by atoms with Crippen LogP contribution in [0.1, 0.15) is 18.4 Å². The second-order valence-corrected chi connectivity index (χ2v) is 6.81. The molecule has 0 saturated carbocycles. The van der Waals surface area contributed by atoms with Crippen molar-refractivity contribution in [1.29, 1.82) is 0 Å². The van der Waals surface area contributed by atoms with Crippen LogP contribution >= 0.6 is 11.8 Å². The lowest BCUT2D eigenvalue weighted by atomic mass is 10.2. The Balaban J connectivity index is 1.95. The lowest BCUT2D eigenvalue weighted by Crippen LogP contribution is -2.33. The largest absolute Gasteiger partial charge is 0.497 e. The highest BCUT2D eigenvalue weighted by atomic mass is 32.2. The number of methoxy groups -OCH3 is 1. The van der Waals surface area contributed by atoms with Crippen molar-refractivity contribution in [2.24, 2.45) is 0 Å². The first-order chi connectivity index (χ1) is 12.6. The molecule has 0 spiro atoms. The van der Waals surface area contributed by atoms with Gasteiger partial charge in [-0.15, -0.1) is 11.8 Å². The Morgan fingerprint density at radius 1 is 1.08 bits per heavy atom. The number of carboxylic acids is 1. The van der Waals surface area contributed by atoms with Crippen molar-refractivity contribution in [3.05, 3.63) is 60.2 Å². The van der Waals surface area contributed by atoms with E-state index < -0.39 is 5.97 Å². The van der Waals surface area contributed by atoms with Crippen LogP contribution in [-0.2, 0) is 16.1 Å². The maximum Gasteiger partial charge on any atom is 0.303 e. The Bertz CT molecular complexity index is 704. The normalized spacial score (nSPS) is 10.3. The molecule has 0 aliphatic rings. The molecular formula is C20H23NO4S. The predicted octanol–water partition coefficient (Wildman–Crippen LogP) is 3.68. The van der Waals surface area contributed by atoms with E-state index in [0.29, 0.717) is 25.3 Å². The highest BCUT2D eigenvalue weighted by molar-refractivity contribution is 8.00. The van der Waals surface area contributed by atoms with Gasteiger partial charge >= 0.3 is 5.97 Å². The van der Waals surface area contributed by atoms with Gasteiger partial charge in [-0.2, -0.15) is 0 Å². The summed E-state index contributed by atoms with van der Waals surface area (Å²) >= 11 is 1.46. The van der Waals surface area contributed by atoms with E-state index in [-0.39, 0.29) is 12.3 Å². The van der Waals surface area contributed by atoms with Crippen LogP contribution in [0.25, 0.3) is 0 Å². The molecule has 1 N–H and O–H groups in total. The second kappa shape index (κ2) is 10.5. The van der Waals surface area contributed by atoms with Gasteiger partial charge < -0.3 is 14.7 Å². The molecular weight excluding hydrogens is 350 g/mol. The number of carbonyl (C=O) groups is 2. The molecule has 1 amide bonds. The summed E-state index contributed by atoms with van der Waals surface area (Å²) in [6.07, 6.45) is 0.505. The fraction of sp³-hybridized carbons (Fsp3) is 0.300. The van der Waals surface area contributed by atoms with Crippen molar-refractivity contribution in [3.63, 3.8) is 0 Å². The molecule has 2 aromatic carbocycles. The summed E-state index contributed by atoms with van der Waals surface area (Å²) in [5.41, 5.74) is 1.03. The summed E-state index contributed by atoms with van der Waals surface area (Å²) in [5.74, 6) is 0.247. The summed E-state index contributed by atoms with van der Waals surface area (Å²) in [6, 6.07) is 17.3. The minimum atomic E-state index is -0.843. The fourth-order valence-electron chi connectivity index (χ4n) is 2.43. The summed E-state index contributed by atoms with van der Waals surface area (Å²) in [4.78, 5) is 26.1. The molecule has 0 radical (unpaired) electrons. The van der Waals surface area contributed by atoms with Gasteiger partial charge in [0, 0.05) is 24.4 Å². The average molecular weight is 373 g/mol. The van der Waals surface area contributed by atoms with Gasteiger partial charge in [-0.3, -0.25) is 9.59 Å². The molecule has 0 unspecified atom stereocenters. The first kappa shape index (κ1) is 19.8. The molecule has 2 aromatic rings. The van der Waals surface area contributed by atoms with Crippen LogP contribution in [0.3, 0.4) is 0 Å². The maximum atomic E-state index is 12.7. The Labute approximate surface area is 158 Å². The molecule has 0 fully saturated rings. The van der Waals surface area contributed by atoms with Gasteiger partial charge in [0.05, 0.1) is 12.9 Å². The Morgan fingerprint density at radius 3 is 2.38 bits per heavy atom. The number of aliphatic carboxylic acids is 1. The van der Waals surface area contributed by atoms with Crippen LogP contribution in [0.2, 0.25) is 0 Å². The molecule has 6 heteroatoms. The van der Waals surface area contributed by atoms with Crippen LogP contribution in [0.15, 0.2) is 59.5 Å². The van der Waals surface area contributed by atoms with Crippen LogP contribution in [0.5, 0.6) is 5.75 Å². The van der Waals surface area contributed by atoms with Crippen LogP contribution in [0.4, 0.5) is 0 Å². The fourth-order valence-corrected chi connectivity index (χ4v) is 3.23. The van der Waals surface area contributed by atoms with Gasteiger partial charge in [-0.25, -0.2) is 0 Å². The van der Waals surface area contributed by atoms with E-state index in [1.807, 2.05) is 54.6 Å². The summed E-state index contributed by atoms with van der Waals surface area (Å²) in [5, 5.41) is 8.83. The average Bonchev–Trinajstić information content (AvgIpc) is 2.66. The van der Waals surface area contributed by atoms with Gasteiger partial charge in [-0.05, 0) is 36.2 Å². The first-order valence-corrected chi connectivity index (χ1v) is 9.37. The van der Waals surface area contributed by atoms with Crippen molar-refractivity contribution >= 4 is 23.6 Å². The number of carboxylic acid groups (broad SMARTS) is 1. The van der Waals surface area contributed by atoms with E-state index in [4.69, 9.17) is 9.84 Å². The number of nitrogens with zero attached hydrogens (tertiary/aromatic N) is 1. The minimum Gasteiger partial charge on any atom is -0.497 e. The van der Waals surface area contributed by atoms with Crippen molar-refractivity contribution in [1.82, 2.24) is 4.90 Å². The van der Waals surface area contributed by atoms with E-state index in [1.54, 1.807) is 12.0 Å². The summed E-state index contributed by atoms with van der Waals surface area (Å²) in [7, 11) is 1.62. The number of benzene rings is 2. The second-order valence-electron chi connectivity index (χ2n) is 5.76. The van der Waals surface area contributed by atoms with Crippen molar-refractivity contribution < 1.29 is 19.4 Å². The van der Waals surface area contributed by atoms with Crippen LogP contribution < -0.4 is 4.74 Å². The van der Waals surface area contributed by atoms with E-state index >= 15 is 0 Å². The van der Waals surface area contributed by atoms with Crippen molar-refractivity contribution in [3.8, 4) is 5.75 Å². The zero-order chi connectivity index (χ0) is 18.8. The first-order valence-electron chi connectivity index (χ1n) is 8.39. The minimum absolute atomic E-state index is 0.0000555. The van der Waals surface area contributed by atoms with E-state index in [0.717, 1.165) is 16.2 Å². The lowest BCUT2D eigenvalue weighted by molar-refractivity contribution is -0.138. The van der Waals surface area contributed by atoms with Crippen molar-refractivity contribution in [2.75, 3.05) is 19.4 Å². The Morgan fingerprint density at radius 2 is 1.77 bits per heavy atom. The number of ether oxygens (including phenoxy) is 1. The maximum absolute atomic E-state index is 12.7. The molecule has 0 saturated heterocycles. The third kappa shape index (κ3) is 6.80. The molecule has 0 aromatic heterocycles. The highest BCUT2D eigenvalue weighted by Gasteiger charge is 2.15. The molecule has 0 aliphatic carbocycles. The monoisotopic (exact) mass is 373 g/mol. The lowest BCUT2D eigenvalue weighted by Gasteiger charge is -2.22. The molecule has 0 atom stereocenters. The SMILES string of the molecule is COc1ccc(SCC(=O)N(CCCC(=O)O)Cc2ccccc2)cc1. The number of hydrogen-bond donors (Lipinski definition) is 1. The molecule has 5 nitrogen and oxygen atoms in total. The smallest absolute Gasteiger partial charge is 0.303 e. The zero-order valence-corrected chi connectivity index (χ0v) is 15.6. The number of rotatable bonds is 10. The van der Waals surface area contributed by atoms with E-state index in [2.05, 4.69) is 0 Å². The topological polar surface area (TPSA) is 66.8 Å². The van der Waals surface area contributed by atoms with Gasteiger partial charge in [0.15, 0.2) is 0 Å². The number of carbonyl (C=O) groups excluding carboxylic acids is 1. The van der Waals surface area contributed by atoms with E-state index in [9.17, 15) is 9.59 Å². The summed E-state index contributed by atoms with van der Waals surface area (Å²) in [6.45, 7) is 0.922. The number of thioether (sulfide) groups is 1. The number of hydrogen-bond acceptors (Lipinski definition) is 4. The molecule has 138 valence electrons. The van der Waals surface area contributed by atoms with Gasteiger partial charge in [0.2, 0.25) is 5.91 Å². The van der Waals surface area contributed by atoms with Gasteiger partial charge in [0.25, 0.3) is 0 Å². The van der Waals surface area contributed by atoms with Crippen molar-refractivity contribution in [2.45, 2.75) is 24.3 Å². The quantitative estimate of drug-likeness (QED) is 0.644. The molecule has 26 heavy (non-hydrogen) atoms. The van der Waals surface area contributed by atoms with Crippen LogP contribution in [-0.4, -0.2) is 41.3 Å². The Kier molecular flexibility index (Phi) is 8.02. The molecule has 0 bridgehead atoms. The standard InChI is InChI=1S/C20H23NO4S/c1-25-17-9-11-18(12-10-17)26-15-19(22)21(13-5-8-20(23)24)14-16-6-3-2-4-7-16/h2-4,6-7,9-12H,5,8,13-15H2,1H3,(H,23,24).